The molecule has 0 heterocycles. The maximum atomic E-state index is 11.9. The summed E-state index contributed by atoms with van der Waals surface area (Å²) < 4.78 is 35.8. The second-order valence-corrected chi connectivity index (χ2v) is 4.98. The highest BCUT2D eigenvalue weighted by molar-refractivity contribution is 4.74. The van der Waals surface area contributed by atoms with Crippen LogP contribution in [0.25, 0.3) is 0 Å². The molecule has 2 nitrogen and oxygen atoms in total. The number of alkyl halides is 3. The summed E-state index contributed by atoms with van der Waals surface area (Å²) in [6.07, 6.45) is -6.80. The first-order valence-electron chi connectivity index (χ1n) is 5.00. The molecule has 0 saturated carbocycles. The van der Waals surface area contributed by atoms with E-state index in [9.17, 15) is 13.2 Å². The van der Waals surface area contributed by atoms with Gasteiger partial charge in [0.2, 0.25) is 0 Å². The van der Waals surface area contributed by atoms with E-state index >= 15 is 0 Å². The van der Waals surface area contributed by atoms with Crippen LogP contribution in [0.5, 0.6) is 0 Å². The van der Waals surface area contributed by atoms with Crippen LogP contribution in [0.4, 0.5) is 13.2 Å². The highest BCUT2D eigenvalue weighted by Gasteiger charge is 2.37. The molecule has 0 fully saturated rings. The van der Waals surface area contributed by atoms with Crippen LogP contribution in [0.15, 0.2) is 0 Å². The quantitative estimate of drug-likeness (QED) is 0.771. The number of hydrogen-bond acceptors (Lipinski definition) is 2. The van der Waals surface area contributed by atoms with Crippen molar-refractivity contribution in [2.75, 3.05) is 13.1 Å². The van der Waals surface area contributed by atoms with E-state index < -0.39 is 18.8 Å². The van der Waals surface area contributed by atoms with Crippen LogP contribution < -0.4 is 5.32 Å². The van der Waals surface area contributed by atoms with Gasteiger partial charge >= 0.3 is 6.18 Å². The second kappa shape index (κ2) is 5.16. The van der Waals surface area contributed by atoms with Gasteiger partial charge in [-0.3, -0.25) is 0 Å². The average Bonchev–Trinajstić information content (AvgIpc) is 2.00. The summed E-state index contributed by atoms with van der Waals surface area (Å²) in [5.41, 5.74) is 0.0518. The van der Waals surface area contributed by atoms with Crippen molar-refractivity contribution in [3.63, 3.8) is 0 Å². The summed E-state index contributed by atoms with van der Waals surface area (Å²) in [5, 5.41) is 11.3. The van der Waals surface area contributed by atoms with Gasteiger partial charge in [-0.2, -0.15) is 13.2 Å². The van der Waals surface area contributed by atoms with Gasteiger partial charge < -0.3 is 10.4 Å². The Bertz CT molecular complexity index is 166. The van der Waals surface area contributed by atoms with Crippen molar-refractivity contribution in [2.45, 2.75) is 40.0 Å². The SMILES string of the molecule is CC(CNCC(O)C(F)(F)F)C(C)(C)C. The monoisotopic (exact) mass is 227 g/mol. The molecule has 0 radical (unpaired) electrons. The maximum absolute atomic E-state index is 11.9. The highest BCUT2D eigenvalue weighted by Crippen LogP contribution is 2.24. The molecule has 0 aliphatic rings. The molecule has 0 aromatic carbocycles. The summed E-state index contributed by atoms with van der Waals surface area (Å²) in [6.45, 7) is 8.08. The fraction of sp³-hybridized carbons (Fsp3) is 1.00. The van der Waals surface area contributed by atoms with Gasteiger partial charge in [-0.15, -0.1) is 0 Å². The third-order valence-corrected chi connectivity index (χ3v) is 2.64. The van der Waals surface area contributed by atoms with Gasteiger partial charge in [0.15, 0.2) is 6.10 Å². The van der Waals surface area contributed by atoms with Crippen molar-refractivity contribution in [3.8, 4) is 0 Å². The van der Waals surface area contributed by atoms with E-state index in [0.29, 0.717) is 6.54 Å². The molecule has 15 heavy (non-hydrogen) atoms. The van der Waals surface area contributed by atoms with E-state index in [1.54, 1.807) is 0 Å². The summed E-state index contributed by atoms with van der Waals surface area (Å²) in [6, 6.07) is 0. The molecule has 0 aromatic rings. The minimum atomic E-state index is -4.53. The first-order chi connectivity index (χ1) is 6.55. The maximum Gasteiger partial charge on any atom is 0.415 e. The average molecular weight is 227 g/mol. The van der Waals surface area contributed by atoms with E-state index in [1.165, 1.54) is 0 Å². The molecule has 2 unspecified atom stereocenters. The van der Waals surface area contributed by atoms with Crippen molar-refractivity contribution in [1.29, 1.82) is 0 Å². The first-order valence-corrected chi connectivity index (χ1v) is 5.00. The molecule has 0 amide bonds. The molecule has 2 atom stereocenters. The number of hydrogen-bond donors (Lipinski definition) is 2. The lowest BCUT2D eigenvalue weighted by molar-refractivity contribution is -0.201. The number of aliphatic hydroxyl groups is 1. The van der Waals surface area contributed by atoms with E-state index in [1.807, 2.05) is 27.7 Å². The van der Waals surface area contributed by atoms with Crippen LogP contribution >= 0.6 is 0 Å². The Labute approximate surface area is 88.9 Å². The van der Waals surface area contributed by atoms with Crippen molar-refractivity contribution < 1.29 is 18.3 Å². The summed E-state index contributed by atoms with van der Waals surface area (Å²) in [7, 11) is 0. The Morgan fingerprint density at radius 3 is 1.93 bits per heavy atom. The lowest BCUT2D eigenvalue weighted by atomic mass is 9.82. The molecule has 2 N–H and O–H groups in total. The predicted octanol–water partition coefficient (Wildman–Crippen LogP) is 2.18. The van der Waals surface area contributed by atoms with Crippen LogP contribution in [-0.2, 0) is 0 Å². The molecule has 92 valence electrons. The molecule has 0 spiro atoms. The standard InChI is InChI=1S/C10H20F3NO/c1-7(9(2,3)4)5-14-6-8(15)10(11,12)13/h7-8,14-15H,5-6H2,1-4H3. The lowest BCUT2D eigenvalue weighted by Gasteiger charge is -2.28. The normalized spacial score (nSPS) is 17.6. The Morgan fingerprint density at radius 2 is 1.60 bits per heavy atom. The van der Waals surface area contributed by atoms with Gasteiger partial charge in [-0.25, -0.2) is 0 Å². The van der Waals surface area contributed by atoms with Gasteiger partial charge in [0.25, 0.3) is 0 Å². The van der Waals surface area contributed by atoms with Gasteiger partial charge in [0, 0.05) is 6.54 Å². The lowest BCUT2D eigenvalue weighted by Crippen LogP contribution is -2.41. The highest BCUT2D eigenvalue weighted by atomic mass is 19.4. The van der Waals surface area contributed by atoms with Crippen molar-refractivity contribution in [3.05, 3.63) is 0 Å². The zero-order chi connectivity index (χ0) is 12.3. The number of aliphatic hydroxyl groups excluding tert-OH is 1. The van der Waals surface area contributed by atoms with E-state index in [4.69, 9.17) is 5.11 Å². The molecule has 0 bridgehead atoms. The van der Waals surface area contributed by atoms with Crippen molar-refractivity contribution in [1.82, 2.24) is 5.32 Å². The van der Waals surface area contributed by atoms with Gasteiger partial charge in [0.1, 0.15) is 0 Å². The zero-order valence-corrected chi connectivity index (χ0v) is 9.65. The largest absolute Gasteiger partial charge is 0.415 e. The van der Waals surface area contributed by atoms with Gasteiger partial charge in [0.05, 0.1) is 0 Å². The number of nitrogens with one attached hydrogen (secondary N) is 1. The molecular formula is C10H20F3NO. The molecular weight excluding hydrogens is 207 g/mol. The molecule has 5 heteroatoms. The summed E-state index contributed by atoms with van der Waals surface area (Å²) in [5.74, 6) is 0.248. The smallest absolute Gasteiger partial charge is 0.382 e. The molecule has 0 saturated heterocycles. The van der Waals surface area contributed by atoms with Crippen LogP contribution in [0.2, 0.25) is 0 Å². The Morgan fingerprint density at radius 1 is 1.13 bits per heavy atom. The summed E-state index contributed by atoms with van der Waals surface area (Å²) >= 11 is 0. The Kier molecular flexibility index (Phi) is 5.06. The fourth-order valence-corrected chi connectivity index (χ4v) is 0.858. The molecule has 0 aliphatic carbocycles. The minimum Gasteiger partial charge on any atom is -0.382 e. The van der Waals surface area contributed by atoms with Crippen LogP contribution in [0.1, 0.15) is 27.7 Å². The van der Waals surface area contributed by atoms with Gasteiger partial charge in [-0.1, -0.05) is 27.7 Å². The minimum absolute atomic E-state index is 0.0518. The second-order valence-electron chi connectivity index (χ2n) is 4.98. The van der Waals surface area contributed by atoms with Crippen molar-refractivity contribution in [2.24, 2.45) is 11.3 Å². The molecule has 0 aromatic heterocycles. The fourth-order valence-electron chi connectivity index (χ4n) is 0.858. The number of halogens is 3. The molecule has 0 rings (SSSR count). The predicted molar refractivity (Wildman–Crippen MR) is 53.6 cm³/mol. The van der Waals surface area contributed by atoms with Crippen molar-refractivity contribution >= 4 is 0 Å². The molecule has 0 aliphatic heterocycles. The number of rotatable bonds is 4. The topological polar surface area (TPSA) is 32.3 Å². The van der Waals surface area contributed by atoms with Crippen LogP contribution in [0.3, 0.4) is 0 Å². The Hall–Kier alpha value is -0.290. The van der Waals surface area contributed by atoms with Gasteiger partial charge in [-0.05, 0) is 17.9 Å². The van der Waals surface area contributed by atoms with E-state index in [0.717, 1.165) is 0 Å². The van der Waals surface area contributed by atoms with Crippen LogP contribution in [0, 0.1) is 11.3 Å². The first kappa shape index (κ1) is 14.7. The van der Waals surface area contributed by atoms with Crippen LogP contribution in [-0.4, -0.2) is 30.5 Å². The Balaban J connectivity index is 3.81. The third kappa shape index (κ3) is 5.99. The van der Waals surface area contributed by atoms with E-state index in [2.05, 4.69) is 5.32 Å². The van der Waals surface area contributed by atoms with E-state index in [-0.39, 0.29) is 11.3 Å². The zero-order valence-electron chi connectivity index (χ0n) is 9.65. The third-order valence-electron chi connectivity index (χ3n) is 2.64. The summed E-state index contributed by atoms with van der Waals surface area (Å²) in [4.78, 5) is 0.